The second-order valence-corrected chi connectivity index (χ2v) is 8.28. The van der Waals surface area contributed by atoms with Crippen LogP contribution in [0.3, 0.4) is 0 Å². The van der Waals surface area contributed by atoms with Crippen molar-refractivity contribution in [2.75, 3.05) is 0 Å². The lowest BCUT2D eigenvalue weighted by atomic mass is 10.1. The summed E-state index contributed by atoms with van der Waals surface area (Å²) < 4.78 is 46.9. The third kappa shape index (κ3) is 4.08. The first-order valence-corrected chi connectivity index (χ1v) is 10.6. The summed E-state index contributed by atoms with van der Waals surface area (Å²) in [5.41, 5.74) is 0.321. The Bertz CT molecular complexity index is 1330. The molecule has 0 unspecified atom stereocenters. The van der Waals surface area contributed by atoms with Crippen molar-refractivity contribution in [3.8, 4) is 11.3 Å². The van der Waals surface area contributed by atoms with E-state index in [9.17, 15) is 17.6 Å². The normalized spacial score (nSPS) is 11.5. The fraction of sp³-hybridized carbons (Fsp3) is 0.0909. The minimum absolute atomic E-state index is 0.00980. The van der Waals surface area contributed by atoms with E-state index < -0.39 is 21.7 Å². The van der Waals surface area contributed by atoms with E-state index in [4.69, 9.17) is 4.42 Å². The number of carbonyl (C=O) groups excluding carboxylic acids is 1. The molecule has 0 atom stereocenters. The number of carbonyl (C=O) groups is 1. The summed E-state index contributed by atoms with van der Waals surface area (Å²) in [7, 11) is -4.04. The number of hydrogen-bond donors (Lipinski definition) is 1. The molecule has 2 heterocycles. The van der Waals surface area contributed by atoms with Gasteiger partial charge in [0.25, 0.3) is 10.0 Å². The summed E-state index contributed by atoms with van der Waals surface area (Å²) in [6.45, 7) is 0. The Hall–Kier alpha value is -3.52. The molecule has 8 heteroatoms. The van der Waals surface area contributed by atoms with Gasteiger partial charge in [0, 0.05) is 36.0 Å². The van der Waals surface area contributed by atoms with E-state index in [1.54, 1.807) is 54.7 Å². The molecular weight excluding hydrogens is 407 g/mol. The van der Waals surface area contributed by atoms with E-state index in [0.29, 0.717) is 27.9 Å². The first kappa shape index (κ1) is 19.8. The van der Waals surface area contributed by atoms with Crippen LogP contribution in [-0.4, -0.2) is 19.3 Å². The maximum Gasteiger partial charge on any atom is 0.264 e. The average Bonchev–Trinajstić information content (AvgIpc) is 3.20. The lowest BCUT2D eigenvalue weighted by Crippen LogP contribution is -2.30. The molecule has 30 heavy (non-hydrogen) atoms. The zero-order valence-corrected chi connectivity index (χ0v) is 16.5. The summed E-state index contributed by atoms with van der Waals surface area (Å²) in [6, 6.07) is 15.8. The molecule has 1 amide bonds. The quantitative estimate of drug-likeness (QED) is 0.504. The number of fused-ring (bicyclic) bond motifs is 1. The zero-order chi connectivity index (χ0) is 21.1. The summed E-state index contributed by atoms with van der Waals surface area (Å²) in [5.74, 6) is -0.269. The van der Waals surface area contributed by atoms with Crippen LogP contribution in [0.2, 0.25) is 0 Å². The average molecular weight is 424 g/mol. The summed E-state index contributed by atoms with van der Waals surface area (Å²) >= 11 is 0. The van der Waals surface area contributed by atoms with Gasteiger partial charge in [0.2, 0.25) is 5.91 Å². The SMILES string of the molecule is O=C(CCc1ccc(-c2ccccc2F)o1)NS(=O)(=O)c1cccc2cnccc12. The van der Waals surface area contributed by atoms with Gasteiger partial charge in [-0.3, -0.25) is 9.78 Å². The largest absolute Gasteiger partial charge is 0.461 e. The van der Waals surface area contributed by atoms with Crippen LogP contribution < -0.4 is 4.72 Å². The molecule has 0 bridgehead atoms. The number of furan rings is 1. The second-order valence-electron chi connectivity index (χ2n) is 6.63. The number of nitrogens with one attached hydrogen (secondary N) is 1. The molecule has 152 valence electrons. The molecular formula is C22H17FN2O4S. The highest BCUT2D eigenvalue weighted by atomic mass is 32.2. The first-order chi connectivity index (χ1) is 14.4. The molecule has 0 saturated carbocycles. The predicted octanol–water partition coefficient (Wildman–Crippen LogP) is 4.07. The molecule has 6 nitrogen and oxygen atoms in total. The van der Waals surface area contributed by atoms with Gasteiger partial charge in [0.05, 0.1) is 10.5 Å². The number of hydrogen-bond acceptors (Lipinski definition) is 5. The molecule has 0 radical (unpaired) electrons. The van der Waals surface area contributed by atoms with E-state index in [1.807, 2.05) is 0 Å². The second kappa shape index (κ2) is 8.08. The van der Waals surface area contributed by atoms with Crippen LogP contribution >= 0.6 is 0 Å². The zero-order valence-electron chi connectivity index (χ0n) is 15.7. The van der Waals surface area contributed by atoms with Crippen molar-refractivity contribution in [3.05, 3.63) is 84.6 Å². The third-order valence-electron chi connectivity index (χ3n) is 4.58. The highest BCUT2D eigenvalue weighted by Crippen LogP contribution is 2.25. The minimum atomic E-state index is -4.04. The topological polar surface area (TPSA) is 89.3 Å². The van der Waals surface area contributed by atoms with Crippen molar-refractivity contribution < 1.29 is 22.0 Å². The maximum absolute atomic E-state index is 13.9. The summed E-state index contributed by atoms with van der Waals surface area (Å²) in [4.78, 5) is 16.3. The Morgan fingerprint density at radius 3 is 2.70 bits per heavy atom. The fourth-order valence-corrected chi connectivity index (χ4v) is 4.38. The van der Waals surface area contributed by atoms with E-state index in [0.717, 1.165) is 0 Å². The molecule has 0 aliphatic heterocycles. The van der Waals surface area contributed by atoms with Gasteiger partial charge in [-0.2, -0.15) is 0 Å². The molecule has 2 aromatic carbocycles. The van der Waals surface area contributed by atoms with Crippen LogP contribution in [0.1, 0.15) is 12.2 Å². The summed E-state index contributed by atoms with van der Waals surface area (Å²) in [5, 5.41) is 1.14. The smallest absolute Gasteiger partial charge is 0.264 e. The van der Waals surface area contributed by atoms with Crippen molar-refractivity contribution in [3.63, 3.8) is 0 Å². The Kier molecular flexibility index (Phi) is 5.33. The van der Waals surface area contributed by atoms with Gasteiger partial charge in [-0.05, 0) is 36.4 Å². The number of nitrogens with zero attached hydrogens (tertiary/aromatic N) is 1. The molecule has 0 saturated heterocycles. The van der Waals surface area contributed by atoms with Crippen molar-refractivity contribution >= 4 is 26.7 Å². The summed E-state index contributed by atoms with van der Waals surface area (Å²) in [6.07, 6.45) is 3.12. The molecule has 0 fully saturated rings. The highest BCUT2D eigenvalue weighted by Gasteiger charge is 2.20. The number of aromatic nitrogens is 1. The lowest BCUT2D eigenvalue weighted by Gasteiger charge is -2.09. The molecule has 1 N–H and O–H groups in total. The van der Waals surface area contributed by atoms with E-state index in [1.165, 1.54) is 18.3 Å². The number of halogens is 1. The minimum Gasteiger partial charge on any atom is -0.461 e. The van der Waals surface area contributed by atoms with Gasteiger partial charge >= 0.3 is 0 Å². The number of benzene rings is 2. The van der Waals surface area contributed by atoms with Crippen LogP contribution in [0, 0.1) is 5.82 Å². The standard InChI is InChI=1S/C22H17FN2O4S/c23-19-6-2-1-5-18(19)20-10-8-16(29-20)9-11-22(26)25-30(27,28)21-7-3-4-15-14-24-13-12-17(15)21/h1-8,10,12-14H,9,11H2,(H,25,26). The number of amides is 1. The van der Waals surface area contributed by atoms with Gasteiger partial charge in [-0.15, -0.1) is 0 Å². The van der Waals surface area contributed by atoms with E-state index in [-0.39, 0.29) is 17.7 Å². The van der Waals surface area contributed by atoms with Crippen LogP contribution in [0.15, 0.2) is 82.4 Å². The first-order valence-electron chi connectivity index (χ1n) is 9.16. The molecule has 2 aromatic heterocycles. The Morgan fingerprint density at radius 2 is 1.87 bits per heavy atom. The fourth-order valence-electron chi connectivity index (χ4n) is 3.14. The van der Waals surface area contributed by atoms with Crippen molar-refractivity contribution in [1.82, 2.24) is 9.71 Å². The predicted molar refractivity (Wildman–Crippen MR) is 109 cm³/mol. The van der Waals surface area contributed by atoms with Crippen LogP contribution in [-0.2, 0) is 21.2 Å². The lowest BCUT2D eigenvalue weighted by molar-refractivity contribution is -0.119. The Balaban J connectivity index is 1.44. The Morgan fingerprint density at radius 1 is 1.03 bits per heavy atom. The highest BCUT2D eigenvalue weighted by molar-refractivity contribution is 7.90. The van der Waals surface area contributed by atoms with Crippen LogP contribution in [0.25, 0.3) is 22.1 Å². The van der Waals surface area contributed by atoms with Gasteiger partial charge in [0.15, 0.2) is 0 Å². The van der Waals surface area contributed by atoms with Crippen LogP contribution in [0.5, 0.6) is 0 Å². The number of pyridine rings is 1. The van der Waals surface area contributed by atoms with Gasteiger partial charge in [-0.25, -0.2) is 17.5 Å². The van der Waals surface area contributed by atoms with Crippen molar-refractivity contribution in [2.45, 2.75) is 17.7 Å². The van der Waals surface area contributed by atoms with Gasteiger partial charge in [0.1, 0.15) is 17.3 Å². The van der Waals surface area contributed by atoms with E-state index in [2.05, 4.69) is 9.71 Å². The maximum atomic E-state index is 13.9. The van der Waals surface area contributed by atoms with Crippen molar-refractivity contribution in [1.29, 1.82) is 0 Å². The van der Waals surface area contributed by atoms with Gasteiger partial charge < -0.3 is 4.42 Å². The van der Waals surface area contributed by atoms with Gasteiger partial charge in [-0.1, -0.05) is 24.3 Å². The molecule has 0 spiro atoms. The van der Waals surface area contributed by atoms with Crippen LogP contribution in [0.4, 0.5) is 4.39 Å². The number of rotatable bonds is 6. The number of sulfonamides is 1. The van der Waals surface area contributed by atoms with E-state index >= 15 is 0 Å². The molecule has 0 aliphatic carbocycles. The molecule has 4 rings (SSSR count). The Labute approximate surface area is 172 Å². The third-order valence-corrected chi connectivity index (χ3v) is 6.01. The number of aryl methyl sites for hydroxylation is 1. The monoisotopic (exact) mass is 424 g/mol. The molecule has 4 aromatic rings. The van der Waals surface area contributed by atoms with Crippen molar-refractivity contribution in [2.24, 2.45) is 0 Å². The molecule has 0 aliphatic rings.